The lowest BCUT2D eigenvalue weighted by molar-refractivity contribution is -0.118. The monoisotopic (exact) mass is 205 g/mol. The summed E-state index contributed by atoms with van der Waals surface area (Å²) in [5, 5.41) is 6.02. The number of carbonyl (C=O) groups is 1. The maximum atomic E-state index is 10.8. The van der Waals surface area contributed by atoms with Gasteiger partial charge in [-0.15, -0.1) is 11.6 Å². The molecule has 0 unspecified atom stereocenters. The van der Waals surface area contributed by atoms with Gasteiger partial charge in [0.05, 0.1) is 0 Å². The molecule has 1 aliphatic rings. The summed E-state index contributed by atoms with van der Waals surface area (Å²) in [4.78, 5) is 13.1. The maximum Gasteiger partial charge on any atom is 0.234 e. The van der Waals surface area contributed by atoms with Crippen LogP contribution in [0, 0.1) is 0 Å². The molecule has 13 heavy (non-hydrogen) atoms. The third-order valence-electron chi connectivity index (χ3n) is 2.08. The number of nitrogens with zero attached hydrogens (tertiary/aromatic N) is 1. The summed E-state index contributed by atoms with van der Waals surface area (Å²) in [7, 11) is 0. The third kappa shape index (κ3) is 4.45. The molecule has 0 aromatic heterocycles. The second-order valence-corrected chi connectivity index (χ2v) is 3.34. The quantitative estimate of drug-likeness (QED) is 0.594. The lowest BCUT2D eigenvalue weighted by Crippen LogP contribution is -2.46. The lowest BCUT2D eigenvalue weighted by Gasteiger charge is -2.26. The molecule has 76 valence electrons. The van der Waals surface area contributed by atoms with Crippen LogP contribution in [0.5, 0.6) is 0 Å². The number of piperazine rings is 1. The number of carbonyl (C=O) groups excluding carboxylic acids is 1. The molecular weight excluding hydrogens is 190 g/mol. The number of halogens is 1. The van der Waals surface area contributed by atoms with Crippen molar-refractivity contribution >= 4 is 17.5 Å². The minimum atomic E-state index is -0.0863. The van der Waals surface area contributed by atoms with E-state index in [2.05, 4.69) is 15.5 Å². The Bertz CT molecular complexity index is 159. The van der Waals surface area contributed by atoms with E-state index in [1.165, 1.54) is 0 Å². The maximum absolute atomic E-state index is 10.8. The second kappa shape index (κ2) is 6.18. The number of hydrogen-bond donors (Lipinski definition) is 2. The molecular formula is C8H16ClN3O. The number of alkyl halides is 1. The molecule has 1 rings (SSSR count). The predicted molar refractivity (Wildman–Crippen MR) is 53.0 cm³/mol. The van der Waals surface area contributed by atoms with E-state index in [-0.39, 0.29) is 11.8 Å². The number of rotatable bonds is 4. The average molecular weight is 206 g/mol. The van der Waals surface area contributed by atoms with E-state index in [0.717, 1.165) is 32.7 Å². The minimum Gasteiger partial charge on any atom is -0.354 e. The summed E-state index contributed by atoms with van der Waals surface area (Å²) >= 11 is 5.34. The molecule has 0 saturated carbocycles. The Labute approximate surface area is 83.6 Å². The summed E-state index contributed by atoms with van der Waals surface area (Å²) in [6.45, 7) is 5.84. The Morgan fingerprint density at radius 3 is 2.77 bits per heavy atom. The van der Waals surface area contributed by atoms with E-state index in [1.54, 1.807) is 0 Å². The molecule has 1 saturated heterocycles. The van der Waals surface area contributed by atoms with Crippen molar-refractivity contribution < 1.29 is 4.79 Å². The highest BCUT2D eigenvalue weighted by atomic mass is 35.5. The van der Waals surface area contributed by atoms with Crippen LogP contribution >= 0.6 is 11.6 Å². The molecule has 0 bridgehead atoms. The van der Waals surface area contributed by atoms with E-state index < -0.39 is 0 Å². The molecule has 0 spiro atoms. The number of hydrogen-bond acceptors (Lipinski definition) is 3. The largest absolute Gasteiger partial charge is 0.354 e. The van der Waals surface area contributed by atoms with Crippen LogP contribution < -0.4 is 10.6 Å². The van der Waals surface area contributed by atoms with E-state index in [0.29, 0.717) is 6.54 Å². The van der Waals surface area contributed by atoms with Crippen molar-refractivity contribution in [3.8, 4) is 0 Å². The van der Waals surface area contributed by atoms with Crippen molar-refractivity contribution in [2.45, 2.75) is 0 Å². The standard InChI is InChI=1S/C8H16ClN3O/c9-7-8(13)11-3-6-12-4-1-10-2-5-12/h10H,1-7H2,(H,11,13). The zero-order valence-corrected chi connectivity index (χ0v) is 8.44. The van der Waals surface area contributed by atoms with Gasteiger partial charge in [-0.25, -0.2) is 0 Å². The number of amides is 1. The fourth-order valence-electron chi connectivity index (χ4n) is 1.34. The van der Waals surface area contributed by atoms with Crippen LogP contribution in [-0.4, -0.2) is 56.0 Å². The fraction of sp³-hybridized carbons (Fsp3) is 0.875. The van der Waals surface area contributed by atoms with Crippen LogP contribution in [0.1, 0.15) is 0 Å². The minimum absolute atomic E-state index is 0.0571. The Morgan fingerprint density at radius 2 is 2.15 bits per heavy atom. The summed E-state index contributed by atoms with van der Waals surface area (Å²) in [5.41, 5.74) is 0. The van der Waals surface area contributed by atoms with Gasteiger partial charge in [0.1, 0.15) is 5.88 Å². The molecule has 2 N–H and O–H groups in total. The van der Waals surface area contributed by atoms with Gasteiger partial charge in [-0.3, -0.25) is 9.69 Å². The first-order valence-corrected chi connectivity index (χ1v) is 5.12. The van der Waals surface area contributed by atoms with Gasteiger partial charge in [0, 0.05) is 39.3 Å². The van der Waals surface area contributed by atoms with Crippen molar-refractivity contribution in [1.82, 2.24) is 15.5 Å². The average Bonchev–Trinajstić information content (AvgIpc) is 2.19. The summed E-state index contributed by atoms with van der Waals surface area (Å²) in [6.07, 6.45) is 0. The van der Waals surface area contributed by atoms with Gasteiger partial charge in [-0.1, -0.05) is 0 Å². The van der Waals surface area contributed by atoms with Gasteiger partial charge in [0.15, 0.2) is 0 Å². The van der Waals surface area contributed by atoms with E-state index in [1.807, 2.05) is 0 Å². The molecule has 0 radical (unpaired) electrons. The smallest absolute Gasteiger partial charge is 0.234 e. The van der Waals surface area contributed by atoms with Crippen molar-refractivity contribution in [3.63, 3.8) is 0 Å². The van der Waals surface area contributed by atoms with Crippen molar-refractivity contribution in [2.75, 3.05) is 45.1 Å². The molecule has 4 nitrogen and oxygen atoms in total. The van der Waals surface area contributed by atoms with Gasteiger partial charge in [0.2, 0.25) is 5.91 Å². The van der Waals surface area contributed by atoms with Gasteiger partial charge < -0.3 is 10.6 Å². The molecule has 5 heteroatoms. The zero-order valence-electron chi connectivity index (χ0n) is 7.68. The van der Waals surface area contributed by atoms with Crippen LogP contribution in [-0.2, 0) is 4.79 Å². The molecule has 1 fully saturated rings. The first-order valence-electron chi connectivity index (χ1n) is 4.58. The van der Waals surface area contributed by atoms with Crippen LogP contribution in [0.25, 0.3) is 0 Å². The SMILES string of the molecule is O=C(CCl)NCCN1CCNCC1. The molecule has 0 aromatic carbocycles. The Morgan fingerprint density at radius 1 is 1.46 bits per heavy atom. The summed E-state index contributed by atoms with van der Waals surface area (Å²) in [5.74, 6) is -0.0292. The first-order chi connectivity index (χ1) is 6.33. The molecule has 0 atom stereocenters. The van der Waals surface area contributed by atoms with Crippen molar-refractivity contribution in [3.05, 3.63) is 0 Å². The summed E-state index contributed by atoms with van der Waals surface area (Å²) in [6, 6.07) is 0. The molecule has 1 heterocycles. The van der Waals surface area contributed by atoms with Crippen molar-refractivity contribution in [1.29, 1.82) is 0 Å². The van der Waals surface area contributed by atoms with Crippen LogP contribution in [0.2, 0.25) is 0 Å². The molecule has 1 amide bonds. The van der Waals surface area contributed by atoms with E-state index in [4.69, 9.17) is 11.6 Å². The van der Waals surface area contributed by atoms with Crippen LogP contribution in [0.3, 0.4) is 0 Å². The fourth-order valence-corrected chi connectivity index (χ4v) is 1.43. The van der Waals surface area contributed by atoms with E-state index >= 15 is 0 Å². The first kappa shape index (κ1) is 10.8. The van der Waals surface area contributed by atoms with E-state index in [9.17, 15) is 4.79 Å². The van der Waals surface area contributed by atoms with Crippen molar-refractivity contribution in [2.24, 2.45) is 0 Å². The Hall–Kier alpha value is -0.320. The lowest BCUT2D eigenvalue weighted by atomic mass is 10.3. The topological polar surface area (TPSA) is 44.4 Å². The second-order valence-electron chi connectivity index (χ2n) is 3.08. The highest BCUT2D eigenvalue weighted by Gasteiger charge is 2.08. The molecule has 1 aliphatic heterocycles. The highest BCUT2D eigenvalue weighted by Crippen LogP contribution is 1.89. The zero-order chi connectivity index (χ0) is 9.52. The van der Waals surface area contributed by atoms with Gasteiger partial charge in [-0.05, 0) is 0 Å². The Balaban J connectivity index is 2.01. The van der Waals surface area contributed by atoms with Gasteiger partial charge in [0.25, 0.3) is 0 Å². The Kier molecular flexibility index (Phi) is 5.12. The summed E-state index contributed by atoms with van der Waals surface area (Å²) < 4.78 is 0. The normalized spacial score (nSPS) is 18.5. The third-order valence-corrected chi connectivity index (χ3v) is 2.32. The van der Waals surface area contributed by atoms with Gasteiger partial charge in [-0.2, -0.15) is 0 Å². The molecule has 0 aromatic rings. The predicted octanol–water partition coefficient (Wildman–Crippen LogP) is -0.753. The van der Waals surface area contributed by atoms with Gasteiger partial charge >= 0.3 is 0 Å². The molecule has 0 aliphatic carbocycles. The highest BCUT2D eigenvalue weighted by molar-refractivity contribution is 6.27. The number of nitrogens with one attached hydrogen (secondary N) is 2. The van der Waals surface area contributed by atoms with Crippen LogP contribution in [0.15, 0.2) is 0 Å². The van der Waals surface area contributed by atoms with Crippen LogP contribution in [0.4, 0.5) is 0 Å².